The van der Waals surface area contributed by atoms with E-state index in [4.69, 9.17) is 16.3 Å². The Balaban J connectivity index is 1.65. The minimum Gasteiger partial charge on any atom is -0.456 e. The molecule has 27 heavy (non-hydrogen) atoms. The highest BCUT2D eigenvalue weighted by molar-refractivity contribution is 6.32. The predicted octanol–water partition coefficient (Wildman–Crippen LogP) is 6.26. The fourth-order valence-electron chi connectivity index (χ4n) is 4.42. The van der Waals surface area contributed by atoms with Gasteiger partial charge in [0.1, 0.15) is 11.5 Å². The highest BCUT2D eigenvalue weighted by atomic mass is 35.5. The van der Waals surface area contributed by atoms with Gasteiger partial charge in [-0.3, -0.25) is 4.79 Å². The molecule has 0 radical (unpaired) electrons. The molecule has 0 amide bonds. The van der Waals surface area contributed by atoms with Crippen LogP contribution in [0, 0.1) is 5.92 Å². The number of piperidine rings is 1. The molecule has 0 aliphatic carbocycles. The van der Waals surface area contributed by atoms with Crippen LogP contribution in [0.25, 0.3) is 0 Å². The molecule has 3 nitrogen and oxygen atoms in total. The van der Waals surface area contributed by atoms with Crippen molar-refractivity contribution in [1.82, 2.24) is 5.32 Å². The van der Waals surface area contributed by atoms with E-state index >= 15 is 0 Å². The normalized spacial score (nSPS) is 18.9. The number of ketones is 1. The number of carbonyl (C=O) groups excluding carboxylic acids is 1. The van der Waals surface area contributed by atoms with Crippen LogP contribution >= 0.6 is 11.6 Å². The third-order valence-corrected chi connectivity index (χ3v) is 5.30. The molecule has 2 aromatic carbocycles. The second kappa shape index (κ2) is 7.65. The number of halogens is 1. The largest absolute Gasteiger partial charge is 0.456 e. The van der Waals surface area contributed by atoms with Gasteiger partial charge in [0.25, 0.3) is 0 Å². The standard InChI is InChI=1S/C23H28ClNO2/c1-22(2)14-16(15-23(3,4)25-22)13-20(26)17-9-11-18(12-10-17)27-21-8-6-5-7-19(21)24/h5-12,16,25H,13-15H2,1-4H3. The van der Waals surface area contributed by atoms with Gasteiger partial charge < -0.3 is 10.1 Å². The molecule has 1 N–H and O–H groups in total. The lowest BCUT2D eigenvalue weighted by Gasteiger charge is -2.46. The van der Waals surface area contributed by atoms with Crippen molar-refractivity contribution in [2.75, 3.05) is 0 Å². The monoisotopic (exact) mass is 385 g/mol. The summed E-state index contributed by atoms with van der Waals surface area (Å²) in [7, 11) is 0. The van der Waals surface area contributed by atoms with Crippen LogP contribution in [0.15, 0.2) is 48.5 Å². The molecule has 144 valence electrons. The number of benzene rings is 2. The number of ether oxygens (including phenoxy) is 1. The summed E-state index contributed by atoms with van der Waals surface area (Å²) >= 11 is 6.13. The van der Waals surface area contributed by atoms with Crippen molar-refractivity contribution in [1.29, 1.82) is 0 Å². The van der Waals surface area contributed by atoms with Crippen molar-refractivity contribution in [3.05, 3.63) is 59.1 Å². The quantitative estimate of drug-likeness (QED) is 0.617. The average molecular weight is 386 g/mol. The van der Waals surface area contributed by atoms with Gasteiger partial charge in [0, 0.05) is 23.1 Å². The van der Waals surface area contributed by atoms with Crippen molar-refractivity contribution in [3.8, 4) is 11.5 Å². The lowest BCUT2D eigenvalue weighted by atomic mass is 9.74. The fourth-order valence-corrected chi connectivity index (χ4v) is 4.60. The van der Waals surface area contributed by atoms with Crippen LogP contribution in [0.1, 0.15) is 57.3 Å². The third kappa shape index (κ3) is 5.33. The summed E-state index contributed by atoms with van der Waals surface area (Å²) in [6.07, 6.45) is 2.60. The maximum absolute atomic E-state index is 12.8. The van der Waals surface area contributed by atoms with Crippen LogP contribution in [0.4, 0.5) is 0 Å². The van der Waals surface area contributed by atoms with Gasteiger partial charge in [-0.15, -0.1) is 0 Å². The Morgan fingerprint density at radius 2 is 1.63 bits per heavy atom. The average Bonchev–Trinajstić information content (AvgIpc) is 2.54. The van der Waals surface area contributed by atoms with Gasteiger partial charge >= 0.3 is 0 Å². The lowest BCUT2D eigenvalue weighted by Crippen LogP contribution is -2.57. The Hall–Kier alpha value is -1.84. The second-order valence-corrected chi connectivity index (χ2v) is 9.26. The first-order valence-electron chi connectivity index (χ1n) is 9.49. The molecule has 0 atom stereocenters. The Bertz CT molecular complexity index is 795. The van der Waals surface area contributed by atoms with Crippen molar-refractivity contribution in [2.45, 2.75) is 58.0 Å². The van der Waals surface area contributed by atoms with E-state index in [-0.39, 0.29) is 16.9 Å². The molecule has 0 unspecified atom stereocenters. The van der Waals surface area contributed by atoms with E-state index in [9.17, 15) is 4.79 Å². The zero-order valence-electron chi connectivity index (χ0n) is 16.5. The first kappa shape index (κ1) is 19.9. The van der Waals surface area contributed by atoms with Crippen LogP contribution in [0.5, 0.6) is 11.5 Å². The molecule has 0 aromatic heterocycles. The topological polar surface area (TPSA) is 38.3 Å². The van der Waals surface area contributed by atoms with E-state index in [2.05, 4.69) is 33.0 Å². The molecule has 1 fully saturated rings. The molecule has 0 bridgehead atoms. The van der Waals surface area contributed by atoms with Gasteiger partial charge in [-0.1, -0.05) is 23.7 Å². The van der Waals surface area contributed by atoms with Crippen molar-refractivity contribution in [2.24, 2.45) is 5.92 Å². The molecule has 0 spiro atoms. The summed E-state index contributed by atoms with van der Waals surface area (Å²) in [6.45, 7) is 8.86. The van der Waals surface area contributed by atoms with Crippen LogP contribution < -0.4 is 10.1 Å². The molecule has 2 aromatic rings. The van der Waals surface area contributed by atoms with E-state index in [1.165, 1.54) is 0 Å². The van der Waals surface area contributed by atoms with Crippen molar-refractivity contribution >= 4 is 17.4 Å². The maximum atomic E-state index is 12.8. The minimum atomic E-state index is 0.0549. The zero-order chi connectivity index (χ0) is 19.7. The first-order chi connectivity index (χ1) is 12.6. The Labute approximate surface area is 167 Å². The Morgan fingerprint density at radius 1 is 1.04 bits per heavy atom. The zero-order valence-corrected chi connectivity index (χ0v) is 17.3. The van der Waals surface area contributed by atoms with E-state index in [0.29, 0.717) is 28.9 Å². The van der Waals surface area contributed by atoms with E-state index in [1.807, 2.05) is 42.5 Å². The van der Waals surface area contributed by atoms with Crippen molar-refractivity contribution in [3.63, 3.8) is 0 Å². The highest BCUT2D eigenvalue weighted by Gasteiger charge is 2.38. The van der Waals surface area contributed by atoms with Gasteiger partial charge in [-0.25, -0.2) is 0 Å². The molecule has 1 heterocycles. The number of nitrogens with one attached hydrogen (secondary N) is 1. The van der Waals surface area contributed by atoms with Crippen LogP contribution in [-0.4, -0.2) is 16.9 Å². The SMILES string of the molecule is CC1(C)CC(CC(=O)c2ccc(Oc3ccccc3Cl)cc2)CC(C)(C)N1. The summed E-state index contributed by atoms with van der Waals surface area (Å²) in [6, 6.07) is 14.7. The highest BCUT2D eigenvalue weighted by Crippen LogP contribution is 2.35. The number of hydrogen-bond acceptors (Lipinski definition) is 3. The molecule has 3 rings (SSSR count). The number of para-hydroxylation sites is 1. The minimum absolute atomic E-state index is 0.0549. The lowest BCUT2D eigenvalue weighted by molar-refractivity contribution is 0.0864. The predicted molar refractivity (Wildman–Crippen MR) is 111 cm³/mol. The summed E-state index contributed by atoms with van der Waals surface area (Å²) in [5, 5.41) is 4.24. The second-order valence-electron chi connectivity index (χ2n) is 8.85. The molecular weight excluding hydrogens is 358 g/mol. The van der Waals surface area contributed by atoms with Gasteiger partial charge in [0.2, 0.25) is 0 Å². The first-order valence-corrected chi connectivity index (χ1v) is 9.86. The van der Waals surface area contributed by atoms with E-state index in [0.717, 1.165) is 18.4 Å². The summed E-state index contributed by atoms with van der Waals surface area (Å²) in [5.74, 6) is 1.86. The maximum Gasteiger partial charge on any atom is 0.163 e. The van der Waals surface area contributed by atoms with Gasteiger partial charge in [0.05, 0.1) is 5.02 Å². The van der Waals surface area contributed by atoms with Crippen LogP contribution in [-0.2, 0) is 0 Å². The summed E-state index contributed by atoms with van der Waals surface area (Å²) < 4.78 is 5.80. The van der Waals surface area contributed by atoms with Gasteiger partial charge in [-0.2, -0.15) is 0 Å². The van der Waals surface area contributed by atoms with Gasteiger partial charge in [0.15, 0.2) is 5.78 Å². The molecule has 1 aliphatic rings. The van der Waals surface area contributed by atoms with Gasteiger partial charge in [-0.05, 0) is 82.9 Å². The molecular formula is C23H28ClNO2. The van der Waals surface area contributed by atoms with Crippen LogP contribution in [0.3, 0.4) is 0 Å². The van der Waals surface area contributed by atoms with Crippen LogP contribution in [0.2, 0.25) is 5.02 Å². The summed E-state index contributed by atoms with van der Waals surface area (Å²) in [4.78, 5) is 12.8. The number of Topliss-reactive ketones (excluding diaryl/α,β-unsaturated/α-hetero) is 1. The molecule has 1 saturated heterocycles. The van der Waals surface area contributed by atoms with Crippen molar-refractivity contribution < 1.29 is 9.53 Å². The number of carbonyl (C=O) groups is 1. The smallest absolute Gasteiger partial charge is 0.163 e. The Kier molecular flexibility index (Phi) is 5.64. The Morgan fingerprint density at radius 3 is 2.22 bits per heavy atom. The molecule has 4 heteroatoms. The third-order valence-electron chi connectivity index (χ3n) is 4.99. The van der Waals surface area contributed by atoms with E-state index in [1.54, 1.807) is 6.07 Å². The summed E-state index contributed by atoms with van der Waals surface area (Å²) in [5.41, 5.74) is 0.842. The molecule has 0 saturated carbocycles. The fraction of sp³-hybridized carbons (Fsp3) is 0.435. The number of hydrogen-bond donors (Lipinski definition) is 1. The van der Waals surface area contributed by atoms with E-state index < -0.39 is 0 Å². The number of rotatable bonds is 5. The molecule has 1 aliphatic heterocycles.